The molecule has 0 aliphatic heterocycles. The molecular formula is C17H17ClN4O2S2. The molecule has 1 aromatic carbocycles. The van der Waals surface area contributed by atoms with Crippen molar-refractivity contribution < 1.29 is 9.53 Å². The SMILES string of the molecule is COc1ccc(Cl)cc1NC(=O)C(C)Sc1n[nH]c(Cc2cccs2)n1. The molecule has 0 saturated carbocycles. The fraction of sp³-hybridized carbons (Fsp3) is 0.235. The number of nitrogens with zero attached hydrogens (tertiary/aromatic N) is 2. The van der Waals surface area contributed by atoms with Crippen LogP contribution in [0.25, 0.3) is 0 Å². The maximum Gasteiger partial charge on any atom is 0.237 e. The van der Waals surface area contributed by atoms with Gasteiger partial charge >= 0.3 is 0 Å². The maximum atomic E-state index is 12.5. The molecule has 6 nitrogen and oxygen atoms in total. The molecule has 3 rings (SSSR count). The first kappa shape index (κ1) is 18.8. The van der Waals surface area contributed by atoms with E-state index >= 15 is 0 Å². The van der Waals surface area contributed by atoms with E-state index in [9.17, 15) is 4.79 Å². The van der Waals surface area contributed by atoms with Crippen LogP contribution in [-0.4, -0.2) is 33.4 Å². The Kier molecular flexibility index (Phi) is 6.18. The number of halogens is 1. The number of aromatic nitrogens is 3. The van der Waals surface area contributed by atoms with Crippen molar-refractivity contribution >= 4 is 46.3 Å². The van der Waals surface area contributed by atoms with E-state index in [1.165, 1.54) is 16.6 Å². The van der Waals surface area contributed by atoms with Gasteiger partial charge in [0, 0.05) is 16.3 Å². The summed E-state index contributed by atoms with van der Waals surface area (Å²) in [6.45, 7) is 1.80. The van der Waals surface area contributed by atoms with Gasteiger partial charge in [0.05, 0.1) is 18.0 Å². The average Bonchev–Trinajstić information content (AvgIpc) is 3.27. The molecule has 0 bridgehead atoms. The van der Waals surface area contributed by atoms with Crippen LogP contribution in [-0.2, 0) is 11.2 Å². The van der Waals surface area contributed by atoms with Crippen molar-refractivity contribution in [3.8, 4) is 5.75 Å². The van der Waals surface area contributed by atoms with Crippen molar-refractivity contribution in [3.63, 3.8) is 0 Å². The molecule has 0 radical (unpaired) electrons. The second kappa shape index (κ2) is 8.57. The van der Waals surface area contributed by atoms with Crippen LogP contribution in [0.1, 0.15) is 17.6 Å². The summed E-state index contributed by atoms with van der Waals surface area (Å²) in [6.07, 6.45) is 0.700. The second-order valence-corrected chi connectivity index (χ2v) is 8.19. The lowest BCUT2D eigenvalue weighted by Crippen LogP contribution is -2.22. The lowest BCUT2D eigenvalue weighted by Gasteiger charge is -2.13. The van der Waals surface area contributed by atoms with Gasteiger partial charge in [0.25, 0.3) is 0 Å². The number of hydrogen-bond donors (Lipinski definition) is 2. The number of aromatic amines is 1. The van der Waals surface area contributed by atoms with E-state index in [1.807, 2.05) is 11.4 Å². The standard InChI is InChI=1S/C17H17ClN4O2S2/c1-10(16(23)19-13-8-11(18)5-6-14(13)24-2)26-17-20-15(21-22-17)9-12-4-3-7-25-12/h3-8,10H,9H2,1-2H3,(H,19,23)(H,20,21,22). The summed E-state index contributed by atoms with van der Waals surface area (Å²) in [5.74, 6) is 1.15. The number of nitrogens with one attached hydrogen (secondary N) is 2. The molecule has 1 unspecified atom stereocenters. The fourth-order valence-electron chi connectivity index (χ4n) is 2.21. The predicted molar refractivity (Wildman–Crippen MR) is 105 cm³/mol. The molecule has 0 aliphatic rings. The normalized spacial score (nSPS) is 12.0. The number of benzene rings is 1. The summed E-state index contributed by atoms with van der Waals surface area (Å²) in [4.78, 5) is 18.1. The number of carbonyl (C=O) groups excluding carboxylic acids is 1. The van der Waals surface area contributed by atoms with Crippen LogP contribution >= 0.6 is 34.7 Å². The lowest BCUT2D eigenvalue weighted by atomic mass is 10.3. The number of thiophene rings is 1. The number of methoxy groups -OCH3 is 1. The Morgan fingerprint density at radius 3 is 3.04 bits per heavy atom. The van der Waals surface area contributed by atoms with Gasteiger partial charge in [-0.1, -0.05) is 29.4 Å². The van der Waals surface area contributed by atoms with Crippen molar-refractivity contribution in [1.82, 2.24) is 15.2 Å². The topological polar surface area (TPSA) is 79.9 Å². The first-order chi connectivity index (χ1) is 12.5. The molecule has 26 heavy (non-hydrogen) atoms. The third-order valence-electron chi connectivity index (χ3n) is 3.50. The van der Waals surface area contributed by atoms with Gasteiger partial charge in [-0.15, -0.1) is 16.4 Å². The molecule has 136 valence electrons. The highest BCUT2D eigenvalue weighted by Gasteiger charge is 2.19. The van der Waals surface area contributed by atoms with Gasteiger partial charge in [-0.25, -0.2) is 4.98 Å². The zero-order chi connectivity index (χ0) is 18.5. The number of rotatable bonds is 7. The zero-order valence-electron chi connectivity index (χ0n) is 14.2. The van der Waals surface area contributed by atoms with Crippen LogP contribution in [0.4, 0.5) is 5.69 Å². The zero-order valence-corrected chi connectivity index (χ0v) is 16.5. The Labute approximate surface area is 164 Å². The lowest BCUT2D eigenvalue weighted by molar-refractivity contribution is -0.115. The summed E-state index contributed by atoms with van der Waals surface area (Å²) >= 11 is 8.95. The number of amides is 1. The maximum absolute atomic E-state index is 12.5. The van der Waals surface area contributed by atoms with E-state index in [0.29, 0.717) is 28.0 Å². The van der Waals surface area contributed by atoms with Gasteiger partial charge in [0.1, 0.15) is 11.6 Å². The van der Waals surface area contributed by atoms with Crippen LogP contribution in [0.2, 0.25) is 5.02 Å². The Balaban J connectivity index is 1.61. The van der Waals surface area contributed by atoms with Gasteiger partial charge in [-0.3, -0.25) is 9.89 Å². The molecule has 2 heterocycles. The number of H-pyrrole nitrogens is 1. The summed E-state index contributed by atoms with van der Waals surface area (Å²) < 4.78 is 5.24. The van der Waals surface area contributed by atoms with Crippen molar-refractivity contribution in [2.24, 2.45) is 0 Å². The van der Waals surface area contributed by atoms with E-state index in [0.717, 1.165) is 5.82 Å². The van der Waals surface area contributed by atoms with Crippen molar-refractivity contribution in [2.45, 2.75) is 23.8 Å². The van der Waals surface area contributed by atoms with E-state index in [-0.39, 0.29) is 11.2 Å². The number of anilines is 1. The van der Waals surface area contributed by atoms with Crippen LogP contribution in [0.3, 0.4) is 0 Å². The second-order valence-electron chi connectivity index (χ2n) is 5.41. The minimum atomic E-state index is -0.385. The molecule has 3 aromatic rings. The first-order valence-electron chi connectivity index (χ1n) is 7.80. The van der Waals surface area contributed by atoms with Crippen molar-refractivity contribution in [1.29, 1.82) is 0 Å². The molecule has 2 aromatic heterocycles. The van der Waals surface area contributed by atoms with Crippen molar-refractivity contribution in [3.05, 3.63) is 51.4 Å². The first-order valence-corrected chi connectivity index (χ1v) is 9.93. The third-order valence-corrected chi connectivity index (χ3v) is 5.58. The highest BCUT2D eigenvalue weighted by atomic mass is 35.5. The van der Waals surface area contributed by atoms with E-state index < -0.39 is 0 Å². The van der Waals surface area contributed by atoms with Gasteiger partial charge in [-0.2, -0.15) is 0 Å². The molecule has 0 fully saturated rings. The minimum Gasteiger partial charge on any atom is -0.495 e. The highest BCUT2D eigenvalue weighted by molar-refractivity contribution is 8.00. The Bertz CT molecular complexity index is 883. The summed E-state index contributed by atoms with van der Waals surface area (Å²) in [5, 5.41) is 12.6. The van der Waals surface area contributed by atoms with Crippen LogP contribution in [0, 0.1) is 0 Å². The molecule has 0 saturated heterocycles. The monoisotopic (exact) mass is 408 g/mol. The molecule has 0 spiro atoms. The number of carbonyl (C=O) groups is 1. The summed E-state index contributed by atoms with van der Waals surface area (Å²) in [6, 6.07) is 9.12. The van der Waals surface area contributed by atoms with Crippen molar-refractivity contribution in [2.75, 3.05) is 12.4 Å². The van der Waals surface area contributed by atoms with Gasteiger partial charge in [0.2, 0.25) is 11.1 Å². The number of hydrogen-bond acceptors (Lipinski definition) is 6. The van der Waals surface area contributed by atoms with Gasteiger partial charge < -0.3 is 10.1 Å². The predicted octanol–water partition coefficient (Wildman–Crippen LogP) is 4.24. The largest absolute Gasteiger partial charge is 0.495 e. The van der Waals surface area contributed by atoms with Crippen LogP contribution in [0.5, 0.6) is 5.75 Å². The Hall–Kier alpha value is -2.03. The number of thioether (sulfide) groups is 1. The smallest absolute Gasteiger partial charge is 0.237 e. The van der Waals surface area contributed by atoms with Crippen LogP contribution in [0.15, 0.2) is 40.9 Å². The van der Waals surface area contributed by atoms with E-state index in [4.69, 9.17) is 16.3 Å². The quantitative estimate of drug-likeness (QED) is 0.571. The Morgan fingerprint density at radius 1 is 1.46 bits per heavy atom. The molecule has 2 N–H and O–H groups in total. The van der Waals surface area contributed by atoms with Gasteiger partial charge in [0.15, 0.2) is 0 Å². The molecule has 0 aliphatic carbocycles. The van der Waals surface area contributed by atoms with E-state index in [1.54, 1.807) is 43.6 Å². The summed E-state index contributed by atoms with van der Waals surface area (Å²) in [7, 11) is 1.54. The van der Waals surface area contributed by atoms with Crippen LogP contribution < -0.4 is 10.1 Å². The molecular weight excluding hydrogens is 392 g/mol. The van der Waals surface area contributed by atoms with E-state index in [2.05, 4.69) is 26.6 Å². The van der Waals surface area contributed by atoms with Gasteiger partial charge in [-0.05, 0) is 36.6 Å². The molecule has 9 heteroatoms. The molecule has 1 atom stereocenters. The fourth-order valence-corrected chi connectivity index (χ4v) is 3.84. The minimum absolute atomic E-state index is 0.180. The third kappa shape index (κ3) is 4.78. The Morgan fingerprint density at radius 2 is 2.31 bits per heavy atom. The highest BCUT2D eigenvalue weighted by Crippen LogP contribution is 2.29. The average molecular weight is 409 g/mol. The summed E-state index contributed by atoms with van der Waals surface area (Å²) in [5.41, 5.74) is 0.533. The molecule has 1 amide bonds. The number of ether oxygens (including phenoxy) is 1.